The molecule has 1 unspecified atom stereocenters. The minimum absolute atomic E-state index is 0.0315. The molecule has 1 aromatic carbocycles. The molecule has 0 amide bonds. The zero-order chi connectivity index (χ0) is 12.1. The van der Waals surface area contributed by atoms with Gasteiger partial charge in [0.15, 0.2) is 0 Å². The first kappa shape index (κ1) is 13.6. The van der Waals surface area contributed by atoms with E-state index in [0.29, 0.717) is 15.8 Å². The molecule has 16 heavy (non-hydrogen) atoms. The van der Waals surface area contributed by atoms with Crippen LogP contribution in [0.4, 0.5) is 0 Å². The van der Waals surface area contributed by atoms with Gasteiger partial charge in [-0.1, -0.05) is 30.1 Å². The van der Waals surface area contributed by atoms with Gasteiger partial charge < -0.3 is 15.2 Å². The molecule has 5 heteroatoms. The molecular formula is C11H15Cl2NO2. The second kappa shape index (κ2) is 6.30. The van der Waals surface area contributed by atoms with E-state index < -0.39 is 0 Å². The van der Waals surface area contributed by atoms with Crippen molar-refractivity contribution >= 4 is 23.2 Å². The molecule has 90 valence electrons. The largest absolute Gasteiger partial charge is 0.495 e. The van der Waals surface area contributed by atoms with Gasteiger partial charge in [-0.15, -0.1) is 0 Å². The van der Waals surface area contributed by atoms with Crippen LogP contribution in [0.15, 0.2) is 12.1 Å². The van der Waals surface area contributed by atoms with Crippen molar-refractivity contribution < 1.29 is 9.84 Å². The van der Waals surface area contributed by atoms with Crippen LogP contribution in [0.2, 0.25) is 10.0 Å². The minimum atomic E-state index is -0.207. The van der Waals surface area contributed by atoms with Gasteiger partial charge in [-0.25, -0.2) is 0 Å². The summed E-state index contributed by atoms with van der Waals surface area (Å²) in [5.41, 5.74) is 0.775. The summed E-state index contributed by atoms with van der Waals surface area (Å²) >= 11 is 12.1. The number of nitrogens with one attached hydrogen (secondary N) is 1. The van der Waals surface area contributed by atoms with Crippen LogP contribution >= 0.6 is 23.2 Å². The van der Waals surface area contributed by atoms with Crippen LogP contribution in [0.3, 0.4) is 0 Å². The Kier molecular flexibility index (Phi) is 5.35. The predicted molar refractivity (Wildman–Crippen MR) is 66.5 cm³/mol. The lowest BCUT2D eigenvalue weighted by Crippen LogP contribution is -2.24. The van der Waals surface area contributed by atoms with Crippen molar-refractivity contribution in [1.82, 2.24) is 5.32 Å². The number of halogens is 2. The molecule has 3 nitrogen and oxygen atoms in total. The van der Waals surface area contributed by atoms with E-state index >= 15 is 0 Å². The van der Waals surface area contributed by atoms with Gasteiger partial charge >= 0.3 is 0 Å². The molecule has 0 saturated heterocycles. The Morgan fingerprint density at radius 1 is 1.38 bits per heavy atom. The fraction of sp³-hybridized carbons (Fsp3) is 0.455. The summed E-state index contributed by atoms with van der Waals surface area (Å²) in [6.07, 6.45) is 0. The minimum Gasteiger partial charge on any atom is -0.495 e. The molecule has 1 atom stereocenters. The van der Waals surface area contributed by atoms with E-state index in [4.69, 9.17) is 27.9 Å². The van der Waals surface area contributed by atoms with E-state index in [1.54, 1.807) is 12.1 Å². The highest BCUT2D eigenvalue weighted by molar-refractivity contribution is 6.34. The van der Waals surface area contributed by atoms with Crippen molar-refractivity contribution in [1.29, 1.82) is 0 Å². The number of benzene rings is 1. The lowest BCUT2D eigenvalue weighted by atomic mass is 10.1. The molecule has 0 spiro atoms. The predicted octanol–water partition coefficient (Wildman–Crippen LogP) is 2.64. The third-order valence-electron chi connectivity index (χ3n) is 2.28. The van der Waals surface area contributed by atoms with Gasteiger partial charge in [0.05, 0.1) is 24.8 Å². The maximum absolute atomic E-state index is 9.26. The zero-order valence-electron chi connectivity index (χ0n) is 9.26. The first-order valence-corrected chi connectivity index (χ1v) is 5.76. The molecule has 0 saturated carbocycles. The van der Waals surface area contributed by atoms with E-state index in [1.165, 1.54) is 7.11 Å². The maximum Gasteiger partial charge on any atom is 0.138 e. The standard InChI is InChI=1S/C11H15Cl2NO2/c1-3-14-10(6-15)7-4-9(13)11(16-2)5-8(7)12/h4-5,10,14-15H,3,6H2,1-2H3. The average molecular weight is 264 g/mol. The van der Waals surface area contributed by atoms with Crippen LogP contribution in [0, 0.1) is 0 Å². The second-order valence-electron chi connectivity index (χ2n) is 3.30. The van der Waals surface area contributed by atoms with Gasteiger partial charge in [0.2, 0.25) is 0 Å². The molecule has 0 aliphatic heterocycles. The van der Waals surface area contributed by atoms with E-state index in [2.05, 4.69) is 5.32 Å². The SMILES string of the molecule is CCNC(CO)c1cc(Cl)c(OC)cc1Cl. The third kappa shape index (κ3) is 3.01. The lowest BCUT2D eigenvalue weighted by Gasteiger charge is -2.18. The highest BCUT2D eigenvalue weighted by Crippen LogP contribution is 2.33. The number of likely N-dealkylation sites (N-methyl/N-ethyl adjacent to an activating group) is 1. The highest BCUT2D eigenvalue weighted by Gasteiger charge is 2.15. The fourth-order valence-electron chi connectivity index (χ4n) is 1.49. The monoisotopic (exact) mass is 263 g/mol. The molecule has 2 N–H and O–H groups in total. The molecule has 0 aromatic heterocycles. The molecule has 0 fully saturated rings. The van der Waals surface area contributed by atoms with Crippen molar-refractivity contribution in [3.8, 4) is 5.75 Å². The first-order valence-electron chi connectivity index (χ1n) is 5.01. The number of aliphatic hydroxyl groups is 1. The van der Waals surface area contributed by atoms with Crippen LogP contribution in [-0.2, 0) is 0 Å². The fourth-order valence-corrected chi connectivity index (χ4v) is 2.02. The van der Waals surface area contributed by atoms with Gasteiger partial charge in [0.1, 0.15) is 5.75 Å². The van der Waals surface area contributed by atoms with Crippen molar-refractivity contribution in [2.45, 2.75) is 13.0 Å². The van der Waals surface area contributed by atoms with Crippen LogP contribution in [0.5, 0.6) is 5.75 Å². The van der Waals surface area contributed by atoms with Gasteiger partial charge in [0, 0.05) is 11.1 Å². The van der Waals surface area contributed by atoms with Crippen LogP contribution in [0.1, 0.15) is 18.5 Å². The van der Waals surface area contributed by atoms with Gasteiger partial charge in [0.25, 0.3) is 0 Å². The Morgan fingerprint density at radius 3 is 2.56 bits per heavy atom. The molecule has 1 aromatic rings. The smallest absolute Gasteiger partial charge is 0.138 e. The highest BCUT2D eigenvalue weighted by atomic mass is 35.5. The van der Waals surface area contributed by atoms with E-state index in [9.17, 15) is 5.11 Å². The number of rotatable bonds is 5. The van der Waals surface area contributed by atoms with Gasteiger partial charge in [-0.3, -0.25) is 0 Å². The molecule has 0 radical (unpaired) electrons. The number of aliphatic hydroxyl groups excluding tert-OH is 1. The number of methoxy groups -OCH3 is 1. The van der Waals surface area contributed by atoms with Crippen molar-refractivity contribution in [3.63, 3.8) is 0 Å². The summed E-state index contributed by atoms with van der Waals surface area (Å²) < 4.78 is 5.05. The van der Waals surface area contributed by atoms with E-state index in [-0.39, 0.29) is 12.6 Å². The number of ether oxygens (including phenoxy) is 1. The van der Waals surface area contributed by atoms with Crippen LogP contribution in [-0.4, -0.2) is 25.4 Å². The summed E-state index contributed by atoms with van der Waals surface area (Å²) in [6.45, 7) is 2.67. The van der Waals surface area contributed by atoms with E-state index in [1.807, 2.05) is 6.92 Å². The molecule has 0 aliphatic rings. The maximum atomic E-state index is 9.26. The number of hydrogen-bond acceptors (Lipinski definition) is 3. The Morgan fingerprint density at radius 2 is 2.06 bits per heavy atom. The normalized spacial score (nSPS) is 12.6. The lowest BCUT2D eigenvalue weighted by molar-refractivity contribution is 0.246. The summed E-state index contributed by atoms with van der Waals surface area (Å²) in [7, 11) is 1.53. The summed E-state index contributed by atoms with van der Waals surface area (Å²) in [4.78, 5) is 0. The Hall–Kier alpha value is -0.480. The van der Waals surface area contributed by atoms with Crippen molar-refractivity contribution in [2.75, 3.05) is 20.3 Å². The van der Waals surface area contributed by atoms with Gasteiger partial charge in [-0.2, -0.15) is 0 Å². The number of hydrogen-bond donors (Lipinski definition) is 2. The summed E-state index contributed by atoms with van der Waals surface area (Å²) in [6, 6.07) is 3.16. The van der Waals surface area contributed by atoms with Gasteiger partial charge in [-0.05, 0) is 18.2 Å². The Labute approximate surface area is 105 Å². The third-order valence-corrected chi connectivity index (χ3v) is 2.90. The second-order valence-corrected chi connectivity index (χ2v) is 4.12. The quantitative estimate of drug-likeness (QED) is 0.859. The van der Waals surface area contributed by atoms with Crippen LogP contribution < -0.4 is 10.1 Å². The summed E-state index contributed by atoms with van der Waals surface area (Å²) in [5, 5.41) is 13.4. The summed E-state index contributed by atoms with van der Waals surface area (Å²) in [5.74, 6) is 0.531. The first-order chi connectivity index (χ1) is 7.63. The molecule has 0 aliphatic carbocycles. The van der Waals surface area contributed by atoms with E-state index in [0.717, 1.165) is 12.1 Å². The topological polar surface area (TPSA) is 41.5 Å². The molecule has 0 bridgehead atoms. The Bertz CT molecular complexity index is 358. The van der Waals surface area contributed by atoms with Crippen LogP contribution in [0.25, 0.3) is 0 Å². The van der Waals surface area contributed by atoms with Crippen molar-refractivity contribution in [2.24, 2.45) is 0 Å². The Balaban J connectivity index is 3.08. The molecular weight excluding hydrogens is 249 g/mol. The average Bonchev–Trinajstić information content (AvgIpc) is 2.28. The zero-order valence-corrected chi connectivity index (χ0v) is 10.8. The molecule has 1 rings (SSSR count). The molecule has 0 heterocycles. The van der Waals surface area contributed by atoms with Crippen molar-refractivity contribution in [3.05, 3.63) is 27.7 Å².